The molecule has 1 fully saturated rings. The Bertz CT molecular complexity index is 672. The zero-order valence-electron chi connectivity index (χ0n) is 14.2. The summed E-state index contributed by atoms with van der Waals surface area (Å²) in [4.78, 5) is 26.5. The molecular weight excluding hydrogens is 421 g/mol. The standard InChI is InChI=1S/C18H22INO4/c1-17(2,3)24-16(22)20-9-7-18(8-10-20)11-13(21)15-12(19)5-4-6-14(15)23-18/h4-6H,7-11H2,1-3H3. The third kappa shape index (κ3) is 3.53. The van der Waals surface area contributed by atoms with Crippen molar-refractivity contribution < 1.29 is 19.1 Å². The summed E-state index contributed by atoms with van der Waals surface area (Å²) in [6.07, 6.45) is 1.36. The van der Waals surface area contributed by atoms with Crippen LogP contribution in [0.15, 0.2) is 18.2 Å². The Balaban J connectivity index is 1.71. The summed E-state index contributed by atoms with van der Waals surface area (Å²) in [5, 5.41) is 0. The van der Waals surface area contributed by atoms with E-state index in [0.29, 0.717) is 43.7 Å². The topological polar surface area (TPSA) is 55.8 Å². The fraction of sp³-hybridized carbons (Fsp3) is 0.556. The largest absolute Gasteiger partial charge is 0.486 e. The first-order valence-corrected chi connectivity index (χ1v) is 9.26. The van der Waals surface area contributed by atoms with Gasteiger partial charge in [0.15, 0.2) is 5.78 Å². The highest BCUT2D eigenvalue weighted by atomic mass is 127. The first kappa shape index (κ1) is 17.5. The quantitative estimate of drug-likeness (QED) is 0.569. The number of rotatable bonds is 0. The molecule has 2 aliphatic rings. The summed E-state index contributed by atoms with van der Waals surface area (Å²) in [6.45, 7) is 6.66. The number of hydrogen-bond acceptors (Lipinski definition) is 4. The average molecular weight is 443 g/mol. The van der Waals surface area contributed by atoms with Gasteiger partial charge in [-0.1, -0.05) is 6.07 Å². The molecule has 3 rings (SSSR count). The molecule has 0 saturated carbocycles. The predicted molar refractivity (Wildman–Crippen MR) is 98.5 cm³/mol. The summed E-state index contributed by atoms with van der Waals surface area (Å²) in [5.74, 6) is 0.802. The Hall–Kier alpha value is -1.31. The van der Waals surface area contributed by atoms with Gasteiger partial charge in [0.2, 0.25) is 0 Å². The van der Waals surface area contributed by atoms with E-state index in [1.165, 1.54) is 0 Å². The van der Waals surface area contributed by atoms with Crippen molar-refractivity contribution in [2.75, 3.05) is 13.1 Å². The van der Waals surface area contributed by atoms with Crippen LogP contribution in [0.4, 0.5) is 4.79 Å². The van der Waals surface area contributed by atoms with Crippen LogP contribution in [0.5, 0.6) is 5.75 Å². The lowest BCUT2D eigenvalue weighted by molar-refractivity contribution is -0.0226. The van der Waals surface area contributed by atoms with Gasteiger partial charge in [0, 0.05) is 29.5 Å². The molecule has 2 aliphatic heterocycles. The average Bonchev–Trinajstić information content (AvgIpc) is 2.45. The van der Waals surface area contributed by atoms with Crippen LogP contribution in [0.2, 0.25) is 0 Å². The van der Waals surface area contributed by atoms with Crippen molar-refractivity contribution in [1.29, 1.82) is 0 Å². The SMILES string of the molecule is CC(C)(C)OC(=O)N1CCC2(CC1)CC(=O)c1c(I)cccc1O2. The summed E-state index contributed by atoms with van der Waals surface area (Å²) < 4.78 is 12.6. The highest BCUT2D eigenvalue weighted by Gasteiger charge is 2.44. The summed E-state index contributed by atoms with van der Waals surface area (Å²) in [5.41, 5.74) is -0.301. The third-order valence-electron chi connectivity index (χ3n) is 4.39. The summed E-state index contributed by atoms with van der Waals surface area (Å²) >= 11 is 2.17. The third-order valence-corrected chi connectivity index (χ3v) is 5.29. The van der Waals surface area contributed by atoms with Gasteiger partial charge in [-0.2, -0.15) is 0 Å². The molecule has 1 amide bonds. The molecule has 0 N–H and O–H groups in total. The van der Waals surface area contributed by atoms with Crippen LogP contribution in [0, 0.1) is 3.57 Å². The molecule has 1 aromatic rings. The molecule has 24 heavy (non-hydrogen) atoms. The summed E-state index contributed by atoms with van der Waals surface area (Å²) in [6, 6.07) is 5.68. The van der Waals surface area contributed by atoms with Gasteiger partial charge in [0.25, 0.3) is 0 Å². The lowest BCUT2D eigenvalue weighted by atomic mass is 9.82. The molecule has 0 aliphatic carbocycles. The normalized spacial score (nSPS) is 19.7. The first-order chi connectivity index (χ1) is 11.2. The van der Waals surface area contributed by atoms with Gasteiger partial charge in [-0.05, 0) is 55.5 Å². The number of carbonyl (C=O) groups is 2. The molecule has 0 atom stereocenters. The molecule has 1 saturated heterocycles. The van der Waals surface area contributed by atoms with Gasteiger partial charge in [0.1, 0.15) is 17.0 Å². The van der Waals surface area contributed by atoms with Crippen LogP contribution >= 0.6 is 22.6 Å². The van der Waals surface area contributed by atoms with Gasteiger partial charge in [-0.15, -0.1) is 0 Å². The monoisotopic (exact) mass is 443 g/mol. The molecule has 0 unspecified atom stereocenters. The minimum Gasteiger partial charge on any atom is -0.486 e. The Morgan fingerprint density at radius 1 is 1.29 bits per heavy atom. The van der Waals surface area contributed by atoms with Crippen molar-refractivity contribution in [3.63, 3.8) is 0 Å². The van der Waals surface area contributed by atoms with Crippen LogP contribution in [0.25, 0.3) is 0 Å². The Morgan fingerprint density at radius 2 is 1.96 bits per heavy atom. The minimum atomic E-state index is -0.501. The van der Waals surface area contributed by atoms with Crippen LogP contribution in [0.3, 0.4) is 0 Å². The molecule has 6 heteroatoms. The van der Waals surface area contributed by atoms with Gasteiger partial charge >= 0.3 is 6.09 Å². The molecule has 1 spiro atoms. The number of amides is 1. The number of halogens is 1. The maximum atomic E-state index is 12.6. The number of ether oxygens (including phenoxy) is 2. The van der Waals surface area contributed by atoms with E-state index in [1.54, 1.807) is 4.90 Å². The van der Waals surface area contributed by atoms with Crippen LogP contribution in [-0.2, 0) is 4.74 Å². The number of nitrogens with zero attached hydrogens (tertiary/aromatic N) is 1. The van der Waals surface area contributed by atoms with Crippen molar-refractivity contribution in [1.82, 2.24) is 4.90 Å². The van der Waals surface area contributed by atoms with Crippen molar-refractivity contribution in [3.8, 4) is 5.75 Å². The minimum absolute atomic E-state index is 0.131. The second kappa shape index (κ2) is 6.20. The molecule has 2 heterocycles. The van der Waals surface area contributed by atoms with Gasteiger partial charge in [-0.25, -0.2) is 4.79 Å². The molecule has 1 aromatic carbocycles. The van der Waals surface area contributed by atoms with Crippen molar-refractivity contribution in [2.45, 2.75) is 51.2 Å². The molecule has 130 valence electrons. The highest BCUT2D eigenvalue weighted by Crippen LogP contribution is 2.40. The van der Waals surface area contributed by atoms with E-state index in [2.05, 4.69) is 22.6 Å². The Morgan fingerprint density at radius 3 is 2.58 bits per heavy atom. The molecular formula is C18H22INO4. The number of Topliss-reactive ketones (excluding diaryl/α,β-unsaturated/α-hetero) is 1. The van der Waals surface area contributed by atoms with Crippen molar-refractivity contribution >= 4 is 34.5 Å². The number of carbonyl (C=O) groups excluding carboxylic acids is 2. The van der Waals surface area contributed by atoms with E-state index < -0.39 is 11.2 Å². The number of piperidine rings is 1. The molecule has 5 nitrogen and oxygen atoms in total. The fourth-order valence-electron chi connectivity index (χ4n) is 3.21. The molecule has 0 aromatic heterocycles. The Labute approximate surface area is 155 Å². The zero-order chi connectivity index (χ0) is 17.5. The highest BCUT2D eigenvalue weighted by molar-refractivity contribution is 14.1. The zero-order valence-corrected chi connectivity index (χ0v) is 16.4. The van der Waals surface area contributed by atoms with E-state index in [-0.39, 0.29) is 11.9 Å². The van der Waals surface area contributed by atoms with Crippen molar-refractivity contribution in [3.05, 3.63) is 27.3 Å². The number of fused-ring (bicyclic) bond motifs is 1. The van der Waals surface area contributed by atoms with Gasteiger partial charge in [-0.3, -0.25) is 4.79 Å². The predicted octanol–water partition coefficient (Wildman–Crippen LogP) is 4.03. The first-order valence-electron chi connectivity index (χ1n) is 8.18. The van der Waals surface area contributed by atoms with E-state index in [4.69, 9.17) is 9.47 Å². The van der Waals surface area contributed by atoms with E-state index in [1.807, 2.05) is 39.0 Å². The number of benzene rings is 1. The van der Waals surface area contributed by atoms with E-state index >= 15 is 0 Å². The van der Waals surface area contributed by atoms with Crippen LogP contribution < -0.4 is 4.74 Å². The lowest BCUT2D eigenvalue weighted by Gasteiger charge is -2.44. The number of hydrogen-bond donors (Lipinski definition) is 0. The number of likely N-dealkylation sites (tertiary alicyclic amines) is 1. The van der Waals surface area contributed by atoms with Gasteiger partial charge in [0.05, 0.1) is 12.0 Å². The lowest BCUT2D eigenvalue weighted by Crippen LogP contribution is -2.53. The summed E-state index contributed by atoms with van der Waals surface area (Å²) in [7, 11) is 0. The van der Waals surface area contributed by atoms with Crippen LogP contribution in [0.1, 0.15) is 50.4 Å². The number of ketones is 1. The second-order valence-corrected chi connectivity index (χ2v) is 8.63. The maximum absolute atomic E-state index is 12.6. The van der Waals surface area contributed by atoms with Crippen LogP contribution in [-0.4, -0.2) is 41.1 Å². The maximum Gasteiger partial charge on any atom is 0.410 e. The molecule has 0 radical (unpaired) electrons. The van der Waals surface area contributed by atoms with E-state index in [0.717, 1.165) is 3.57 Å². The second-order valence-electron chi connectivity index (χ2n) is 7.47. The Kier molecular flexibility index (Phi) is 4.53. The fourth-order valence-corrected chi connectivity index (χ4v) is 3.99. The van der Waals surface area contributed by atoms with Gasteiger partial charge < -0.3 is 14.4 Å². The van der Waals surface area contributed by atoms with Crippen molar-refractivity contribution in [2.24, 2.45) is 0 Å². The molecule has 0 bridgehead atoms. The smallest absolute Gasteiger partial charge is 0.410 e. The van der Waals surface area contributed by atoms with E-state index in [9.17, 15) is 9.59 Å².